The zero-order chi connectivity index (χ0) is 13.7. The van der Waals surface area contributed by atoms with E-state index in [0.717, 1.165) is 17.5 Å². The van der Waals surface area contributed by atoms with Crippen LogP contribution in [0.3, 0.4) is 0 Å². The average molecular weight is 311 g/mol. The van der Waals surface area contributed by atoms with Crippen LogP contribution in [0, 0.1) is 0 Å². The molecule has 1 nitrogen and oxygen atoms in total. The normalized spacial score (nSPS) is 12.4. The van der Waals surface area contributed by atoms with Gasteiger partial charge in [0.05, 0.1) is 0 Å². The van der Waals surface area contributed by atoms with Crippen LogP contribution in [0.1, 0.15) is 18.4 Å². The fourth-order valence-electron chi connectivity index (χ4n) is 1.89. The van der Waals surface area contributed by atoms with E-state index < -0.39 is 7.42 Å². The van der Waals surface area contributed by atoms with Crippen LogP contribution in [0.4, 0.5) is 0 Å². The highest BCUT2D eigenvalue weighted by molar-refractivity contribution is 7.33. The standard InChI is InChI=1S/C15H16Cl2OSi/c1-12(11-19(16)17)13-7-9-15(10-8-13)18-14-5-3-2-4-6-14/h2-10,12,19H,11H2,1H3. The number of hydrogen-bond donors (Lipinski definition) is 0. The monoisotopic (exact) mass is 310 g/mol. The molecule has 0 radical (unpaired) electrons. The first kappa shape index (κ1) is 14.4. The number of para-hydroxylation sites is 1. The summed E-state index contributed by atoms with van der Waals surface area (Å²) in [4.78, 5) is 0. The molecule has 0 aliphatic heterocycles. The molecule has 1 unspecified atom stereocenters. The Morgan fingerprint density at radius 2 is 1.53 bits per heavy atom. The van der Waals surface area contributed by atoms with E-state index in [1.54, 1.807) is 0 Å². The summed E-state index contributed by atoms with van der Waals surface area (Å²) in [6.45, 7) is 2.15. The van der Waals surface area contributed by atoms with Gasteiger partial charge in [0.1, 0.15) is 11.5 Å². The van der Waals surface area contributed by atoms with E-state index in [2.05, 4.69) is 19.1 Å². The van der Waals surface area contributed by atoms with Crippen molar-refractivity contribution in [3.63, 3.8) is 0 Å². The number of benzene rings is 2. The number of halogens is 2. The topological polar surface area (TPSA) is 9.23 Å². The Hall–Kier alpha value is -0.963. The van der Waals surface area contributed by atoms with E-state index in [4.69, 9.17) is 26.9 Å². The molecule has 0 N–H and O–H groups in total. The summed E-state index contributed by atoms with van der Waals surface area (Å²) >= 11 is 11.9. The van der Waals surface area contributed by atoms with Crippen LogP contribution in [0.15, 0.2) is 54.6 Å². The maximum Gasteiger partial charge on any atom is 0.237 e. The summed E-state index contributed by atoms with van der Waals surface area (Å²) in [5.41, 5.74) is 1.25. The van der Waals surface area contributed by atoms with Gasteiger partial charge in [0.15, 0.2) is 0 Å². The van der Waals surface area contributed by atoms with Crippen molar-refractivity contribution in [2.24, 2.45) is 0 Å². The lowest BCUT2D eigenvalue weighted by molar-refractivity contribution is 0.482. The average Bonchev–Trinajstić information content (AvgIpc) is 2.40. The fourth-order valence-corrected chi connectivity index (χ4v) is 4.30. The van der Waals surface area contributed by atoms with Crippen molar-refractivity contribution in [2.75, 3.05) is 0 Å². The van der Waals surface area contributed by atoms with Crippen molar-refractivity contribution in [1.29, 1.82) is 0 Å². The molecule has 2 aromatic rings. The maximum absolute atomic E-state index is 5.94. The minimum atomic E-state index is -1.55. The Morgan fingerprint density at radius 1 is 0.947 bits per heavy atom. The van der Waals surface area contributed by atoms with E-state index in [-0.39, 0.29) is 0 Å². The Labute approximate surface area is 125 Å². The first-order valence-corrected chi connectivity index (χ1v) is 10.6. The van der Waals surface area contributed by atoms with Gasteiger partial charge in [-0.25, -0.2) is 0 Å². The van der Waals surface area contributed by atoms with Gasteiger partial charge in [-0.2, -0.15) is 22.2 Å². The lowest BCUT2D eigenvalue weighted by Gasteiger charge is -2.12. The van der Waals surface area contributed by atoms with Crippen LogP contribution in [0.2, 0.25) is 6.04 Å². The van der Waals surface area contributed by atoms with Crippen molar-refractivity contribution in [2.45, 2.75) is 18.9 Å². The molecule has 19 heavy (non-hydrogen) atoms. The second-order valence-electron chi connectivity index (χ2n) is 4.51. The molecule has 1 atom stereocenters. The highest BCUT2D eigenvalue weighted by Crippen LogP contribution is 2.27. The molecule has 0 saturated carbocycles. The van der Waals surface area contributed by atoms with E-state index in [1.165, 1.54) is 5.56 Å². The Morgan fingerprint density at radius 3 is 2.11 bits per heavy atom. The molecule has 0 aliphatic rings. The van der Waals surface area contributed by atoms with Crippen molar-refractivity contribution in [3.8, 4) is 11.5 Å². The summed E-state index contributed by atoms with van der Waals surface area (Å²) in [7, 11) is -1.55. The zero-order valence-corrected chi connectivity index (χ0v) is 13.4. The van der Waals surface area contributed by atoms with Gasteiger partial charge >= 0.3 is 0 Å². The third kappa shape index (κ3) is 4.57. The maximum atomic E-state index is 5.94. The van der Waals surface area contributed by atoms with Gasteiger partial charge < -0.3 is 4.74 Å². The van der Waals surface area contributed by atoms with E-state index in [0.29, 0.717) is 5.92 Å². The minimum Gasteiger partial charge on any atom is -0.457 e. The predicted octanol–water partition coefficient (Wildman–Crippen LogP) is 5.28. The molecule has 0 spiro atoms. The van der Waals surface area contributed by atoms with Gasteiger partial charge in [-0.1, -0.05) is 37.3 Å². The second-order valence-corrected chi connectivity index (χ2v) is 9.60. The first-order valence-electron chi connectivity index (χ1n) is 6.26. The van der Waals surface area contributed by atoms with Crippen LogP contribution < -0.4 is 4.74 Å². The molecule has 0 amide bonds. The molecule has 100 valence electrons. The highest BCUT2D eigenvalue weighted by Gasteiger charge is 2.11. The number of hydrogen-bond acceptors (Lipinski definition) is 1. The molecule has 4 heteroatoms. The lowest BCUT2D eigenvalue weighted by atomic mass is 10.0. The molecule has 0 heterocycles. The number of ether oxygens (including phenoxy) is 1. The molecule has 0 saturated heterocycles. The van der Waals surface area contributed by atoms with Crippen molar-refractivity contribution < 1.29 is 4.74 Å². The van der Waals surface area contributed by atoms with E-state index in [9.17, 15) is 0 Å². The van der Waals surface area contributed by atoms with Crippen LogP contribution in [0.25, 0.3) is 0 Å². The van der Waals surface area contributed by atoms with Gasteiger partial charge in [-0.05, 0) is 41.8 Å². The predicted molar refractivity (Wildman–Crippen MR) is 85.0 cm³/mol. The number of rotatable bonds is 5. The lowest BCUT2D eigenvalue weighted by Crippen LogP contribution is -2.01. The second kappa shape index (κ2) is 6.99. The van der Waals surface area contributed by atoms with Gasteiger partial charge in [0.2, 0.25) is 7.42 Å². The molecular weight excluding hydrogens is 295 g/mol. The molecule has 2 rings (SSSR count). The molecule has 2 aromatic carbocycles. The third-order valence-corrected chi connectivity index (χ3v) is 5.09. The van der Waals surface area contributed by atoms with Gasteiger partial charge in [0.25, 0.3) is 0 Å². The third-order valence-electron chi connectivity index (χ3n) is 2.96. The SMILES string of the molecule is CC(C[SiH](Cl)Cl)c1ccc(Oc2ccccc2)cc1. The van der Waals surface area contributed by atoms with E-state index >= 15 is 0 Å². The van der Waals surface area contributed by atoms with E-state index in [1.807, 2.05) is 42.5 Å². The van der Waals surface area contributed by atoms with Crippen LogP contribution >= 0.6 is 22.2 Å². The Bertz CT molecular complexity index is 499. The molecule has 0 bridgehead atoms. The highest BCUT2D eigenvalue weighted by atomic mass is 35.7. The molecule has 0 aliphatic carbocycles. The molecule has 0 fully saturated rings. The summed E-state index contributed by atoms with van der Waals surface area (Å²) in [6.07, 6.45) is 0. The summed E-state index contributed by atoms with van der Waals surface area (Å²) < 4.78 is 5.75. The van der Waals surface area contributed by atoms with Crippen LogP contribution in [0.5, 0.6) is 11.5 Å². The first-order chi connectivity index (χ1) is 9.15. The smallest absolute Gasteiger partial charge is 0.237 e. The summed E-state index contributed by atoms with van der Waals surface area (Å²) in [5, 5.41) is 0. The Kier molecular flexibility index (Phi) is 5.31. The minimum absolute atomic E-state index is 0.400. The van der Waals surface area contributed by atoms with Gasteiger partial charge in [0, 0.05) is 0 Å². The zero-order valence-electron chi connectivity index (χ0n) is 10.7. The summed E-state index contributed by atoms with van der Waals surface area (Å²) in [5.74, 6) is 2.09. The van der Waals surface area contributed by atoms with Gasteiger partial charge in [-0.15, -0.1) is 0 Å². The fraction of sp³-hybridized carbons (Fsp3) is 0.200. The van der Waals surface area contributed by atoms with Crippen LogP contribution in [-0.4, -0.2) is 7.42 Å². The van der Waals surface area contributed by atoms with Gasteiger partial charge in [-0.3, -0.25) is 0 Å². The quantitative estimate of drug-likeness (QED) is 0.539. The van der Waals surface area contributed by atoms with Crippen molar-refractivity contribution in [1.82, 2.24) is 0 Å². The molecular formula is C15H16Cl2OSi. The Balaban J connectivity index is 2.02. The van der Waals surface area contributed by atoms with Crippen molar-refractivity contribution >= 4 is 29.6 Å². The van der Waals surface area contributed by atoms with Crippen molar-refractivity contribution in [3.05, 3.63) is 60.2 Å². The summed E-state index contributed by atoms with van der Waals surface area (Å²) in [6, 6.07) is 18.8. The molecule has 0 aromatic heterocycles. The largest absolute Gasteiger partial charge is 0.457 e. The van der Waals surface area contributed by atoms with Crippen LogP contribution in [-0.2, 0) is 0 Å².